The maximum Gasteiger partial charge on any atom is 0.144 e. The maximum absolute atomic E-state index is 6.79. The number of hydrogen-bond acceptors (Lipinski definition) is 4. The SMILES string of the molecule is CC(C)c1cc2c(oc3ccccc32)c(C(C)C)c1-n1cc([C@@H](c2ccccc2)c2ccccn2)nc1-c1cccc(C(C)(c2ccccc2)c2ccccn2)c1. The first kappa shape index (κ1) is 36.1. The molecule has 0 bridgehead atoms. The Bertz CT molecular complexity index is 2720. The van der Waals surface area contributed by atoms with Gasteiger partial charge < -0.3 is 4.42 Å². The molecule has 0 aliphatic heterocycles. The van der Waals surface area contributed by atoms with Crippen molar-refractivity contribution in [2.45, 2.75) is 57.8 Å². The second-order valence-corrected chi connectivity index (χ2v) is 15.8. The monoisotopic (exact) mass is 742 g/mol. The molecule has 0 N–H and O–H groups in total. The number of pyridine rings is 2. The Labute approximate surface area is 334 Å². The molecule has 4 heterocycles. The zero-order chi connectivity index (χ0) is 39.1. The first-order valence-electron chi connectivity index (χ1n) is 19.9. The number of furan rings is 1. The highest BCUT2D eigenvalue weighted by Gasteiger charge is 2.34. The van der Waals surface area contributed by atoms with Crippen molar-refractivity contribution in [2.75, 3.05) is 0 Å². The third kappa shape index (κ3) is 6.33. The lowest BCUT2D eigenvalue weighted by molar-refractivity contribution is 0.654. The fourth-order valence-corrected chi connectivity index (χ4v) is 8.60. The summed E-state index contributed by atoms with van der Waals surface area (Å²) in [5.74, 6) is 1.03. The van der Waals surface area contributed by atoms with Crippen LogP contribution in [0.3, 0.4) is 0 Å². The van der Waals surface area contributed by atoms with Gasteiger partial charge in [-0.15, -0.1) is 0 Å². The van der Waals surface area contributed by atoms with Gasteiger partial charge in [0.15, 0.2) is 0 Å². The summed E-state index contributed by atoms with van der Waals surface area (Å²) in [5, 5.41) is 2.28. The van der Waals surface area contributed by atoms with Crippen molar-refractivity contribution >= 4 is 21.9 Å². The molecular weight excluding hydrogens is 697 g/mol. The summed E-state index contributed by atoms with van der Waals surface area (Å²) in [4.78, 5) is 15.5. The van der Waals surface area contributed by atoms with Crippen LogP contribution in [0.5, 0.6) is 0 Å². The van der Waals surface area contributed by atoms with Gasteiger partial charge in [-0.25, -0.2) is 4.98 Å². The fraction of sp³-hybridized carbons (Fsp3) is 0.173. The van der Waals surface area contributed by atoms with Gasteiger partial charge in [-0.3, -0.25) is 14.5 Å². The van der Waals surface area contributed by atoms with Crippen molar-refractivity contribution in [3.8, 4) is 17.1 Å². The van der Waals surface area contributed by atoms with Crippen molar-refractivity contribution in [1.82, 2.24) is 19.5 Å². The van der Waals surface area contributed by atoms with Crippen molar-refractivity contribution in [1.29, 1.82) is 0 Å². The highest BCUT2D eigenvalue weighted by atomic mass is 16.3. The number of hydrogen-bond donors (Lipinski definition) is 0. The van der Waals surface area contributed by atoms with E-state index in [4.69, 9.17) is 19.4 Å². The van der Waals surface area contributed by atoms with Crippen LogP contribution in [-0.2, 0) is 5.41 Å². The third-order valence-corrected chi connectivity index (χ3v) is 11.5. The average Bonchev–Trinajstić information content (AvgIpc) is 3.86. The first-order valence-corrected chi connectivity index (χ1v) is 19.9. The zero-order valence-electron chi connectivity index (χ0n) is 33.1. The summed E-state index contributed by atoms with van der Waals surface area (Å²) in [6.45, 7) is 11.4. The minimum absolute atomic E-state index is 0.151. The number of rotatable bonds is 10. The molecular formula is C52H46N4O. The van der Waals surface area contributed by atoms with Crippen molar-refractivity contribution in [2.24, 2.45) is 0 Å². The van der Waals surface area contributed by atoms with E-state index in [2.05, 4.69) is 179 Å². The molecule has 0 amide bonds. The second-order valence-electron chi connectivity index (χ2n) is 15.8. The third-order valence-electron chi connectivity index (χ3n) is 11.5. The summed E-state index contributed by atoms with van der Waals surface area (Å²) >= 11 is 0. The number of imidazole rings is 1. The molecule has 5 nitrogen and oxygen atoms in total. The molecule has 0 radical (unpaired) electrons. The van der Waals surface area contributed by atoms with Crippen LogP contribution in [0.25, 0.3) is 39.0 Å². The Balaban J connectivity index is 1.36. The van der Waals surface area contributed by atoms with E-state index in [-0.39, 0.29) is 17.8 Å². The predicted molar refractivity (Wildman–Crippen MR) is 232 cm³/mol. The Morgan fingerprint density at radius 3 is 1.98 bits per heavy atom. The van der Waals surface area contributed by atoms with Crippen molar-refractivity contribution in [3.05, 3.63) is 215 Å². The van der Waals surface area contributed by atoms with Gasteiger partial charge in [-0.05, 0) is 83.5 Å². The summed E-state index contributed by atoms with van der Waals surface area (Å²) in [6, 6.07) is 53.2. The number of fused-ring (bicyclic) bond motifs is 3. The minimum atomic E-state index is -0.529. The Hall–Kier alpha value is -6.59. The van der Waals surface area contributed by atoms with E-state index in [1.54, 1.807) is 0 Å². The van der Waals surface area contributed by atoms with Gasteiger partial charge in [0.25, 0.3) is 0 Å². The molecule has 57 heavy (non-hydrogen) atoms. The summed E-state index contributed by atoms with van der Waals surface area (Å²) in [7, 11) is 0. The van der Waals surface area contributed by atoms with Crippen LogP contribution < -0.4 is 0 Å². The molecule has 1 unspecified atom stereocenters. The maximum atomic E-state index is 6.79. The average molecular weight is 743 g/mol. The Morgan fingerprint density at radius 1 is 0.596 bits per heavy atom. The molecule has 0 aliphatic carbocycles. The van der Waals surface area contributed by atoms with Crippen LogP contribution in [0.2, 0.25) is 0 Å². The molecule has 0 aliphatic rings. The van der Waals surface area contributed by atoms with Crippen molar-refractivity contribution < 1.29 is 4.42 Å². The Kier molecular flexibility index (Phi) is 9.38. The minimum Gasteiger partial charge on any atom is -0.456 e. The number of aromatic nitrogens is 4. The van der Waals surface area contributed by atoms with Gasteiger partial charge in [0.1, 0.15) is 17.0 Å². The van der Waals surface area contributed by atoms with Gasteiger partial charge in [0, 0.05) is 40.5 Å². The van der Waals surface area contributed by atoms with Crippen LogP contribution in [-0.4, -0.2) is 19.5 Å². The van der Waals surface area contributed by atoms with Crippen molar-refractivity contribution in [3.63, 3.8) is 0 Å². The van der Waals surface area contributed by atoms with Gasteiger partial charge >= 0.3 is 0 Å². The van der Waals surface area contributed by atoms with Crippen LogP contribution in [0.15, 0.2) is 175 Å². The fourth-order valence-electron chi connectivity index (χ4n) is 8.60. The highest BCUT2D eigenvalue weighted by Crippen LogP contribution is 2.45. The van der Waals surface area contributed by atoms with E-state index < -0.39 is 5.41 Å². The van der Waals surface area contributed by atoms with E-state index in [0.29, 0.717) is 0 Å². The van der Waals surface area contributed by atoms with Crippen LogP contribution >= 0.6 is 0 Å². The van der Waals surface area contributed by atoms with E-state index in [1.807, 2.05) is 30.6 Å². The molecule has 0 spiro atoms. The molecule has 2 atom stereocenters. The topological polar surface area (TPSA) is 56.7 Å². The Morgan fingerprint density at radius 2 is 1.28 bits per heavy atom. The van der Waals surface area contributed by atoms with E-state index >= 15 is 0 Å². The predicted octanol–water partition coefficient (Wildman–Crippen LogP) is 13.0. The highest BCUT2D eigenvalue weighted by molar-refractivity contribution is 6.07. The molecule has 0 saturated carbocycles. The van der Waals surface area contributed by atoms with Crippen LogP contribution in [0.1, 0.15) is 97.3 Å². The van der Waals surface area contributed by atoms with E-state index in [1.165, 1.54) is 16.7 Å². The van der Waals surface area contributed by atoms with E-state index in [0.717, 1.165) is 67.2 Å². The zero-order valence-corrected chi connectivity index (χ0v) is 33.1. The van der Waals surface area contributed by atoms with E-state index in [9.17, 15) is 0 Å². The standard InChI is InChI=1S/C52H46N4O/c1-34(2)41-32-42-40-25-12-13-27-45(40)57-50(42)47(35(3)4)49(41)56-33-44(48(36-19-8-6-9-20-36)43-26-14-16-29-53-43)55-51(56)37-21-18-24-39(31-37)52(5,38-22-10-7-11-23-38)46-28-15-17-30-54-46/h6-35,48H,1-5H3/t48-,52?/m0/s1. The second kappa shape index (κ2) is 14.8. The number of nitrogens with zero attached hydrogens (tertiary/aromatic N) is 4. The van der Waals surface area contributed by atoms with Gasteiger partial charge in [0.2, 0.25) is 0 Å². The largest absolute Gasteiger partial charge is 0.456 e. The molecule has 4 aromatic heterocycles. The molecule has 0 saturated heterocycles. The molecule has 5 aromatic carbocycles. The van der Waals surface area contributed by atoms with Gasteiger partial charge in [0.05, 0.1) is 34.1 Å². The molecule has 0 fully saturated rings. The number of benzene rings is 5. The van der Waals surface area contributed by atoms with Crippen LogP contribution in [0, 0.1) is 0 Å². The lowest BCUT2D eigenvalue weighted by Crippen LogP contribution is -2.26. The smallest absolute Gasteiger partial charge is 0.144 e. The summed E-state index contributed by atoms with van der Waals surface area (Å²) in [5.41, 5.74) is 12.1. The number of para-hydroxylation sites is 1. The lowest BCUT2D eigenvalue weighted by Gasteiger charge is -2.31. The van der Waals surface area contributed by atoms with Crippen LogP contribution in [0.4, 0.5) is 0 Å². The van der Waals surface area contributed by atoms with Gasteiger partial charge in [-0.2, -0.15) is 0 Å². The van der Waals surface area contributed by atoms with Gasteiger partial charge in [-0.1, -0.05) is 137 Å². The quantitative estimate of drug-likeness (QED) is 0.140. The molecule has 5 heteroatoms. The summed E-state index contributed by atoms with van der Waals surface area (Å²) in [6.07, 6.45) is 6.01. The summed E-state index contributed by atoms with van der Waals surface area (Å²) < 4.78 is 9.14. The first-order chi connectivity index (χ1) is 27.8. The molecule has 9 rings (SSSR count). The molecule has 9 aromatic rings. The normalized spacial score (nSPS) is 13.4. The lowest BCUT2D eigenvalue weighted by atomic mass is 9.73. The molecule has 280 valence electrons.